The molecule has 0 amide bonds. The van der Waals surface area contributed by atoms with Crippen LogP contribution in [0, 0.1) is 17.3 Å². The van der Waals surface area contributed by atoms with Gasteiger partial charge in [0.1, 0.15) is 5.78 Å². The van der Waals surface area contributed by atoms with Crippen LogP contribution in [0.3, 0.4) is 0 Å². The zero-order chi connectivity index (χ0) is 14.6. The number of carbonyl (C=O) groups excluding carboxylic acids is 1. The van der Waals surface area contributed by atoms with Gasteiger partial charge < -0.3 is 0 Å². The Bertz CT molecular complexity index is 599. The maximum absolute atomic E-state index is 12.8. The summed E-state index contributed by atoms with van der Waals surface area (Å²) in [5.74, 6) is 2.33. The lowest BCUT2D eigenvalue weighted by molar-refractivity contribution is -0.129. The van der Waals surface area contributed by atoms with Gasteiger partial charge in [-0.1, -0.05) is 13.0 Å². The average Bonchev–Trinajstić information content (AvgIpc) is 2.82. The average molecular weight is 304 g/mol. The van der Waals surface area contributed by atoms with Crippen LogP contribution in [0.25, 0.3) is 0 Å². The zero-order valence-corrected chi connectivity index (χ0v) is 13.2. The number of aryl methyl sites for hydroxylation is 1. The van der Waals surface area contributed by atoms with E-state index < -0.39 is 0 Å². The number of halogens is 1. The molecule has 2 fully saturated rings. The van der Waals surface area contributed by atoms with E-state index in [2.05, 4.69) is 13.0 Å². The molecule has 0 aromatic heterocycles. The summed E-state index contributed by atoms with van der Waals surface area (Å²) in [7, 11) is 0. The molecule has 0 spiro atoms. The van der Waals surface area contributed by atoms with Crippen LogP contribution in [0.1, 0.15) is 56.1 Å². The van der Waals surface area contributed by atoms with E-state index in [0.717, 1.165) is 37.0 Å². The van der Waals surface area contributed by atoms with Crippen molar-refractivity contribution in [2.24, 2.45) is 17.3 Å². The zero-order valence-electron chi connectivity index (χ0n) is 12.4. The van der Waals surface area contributed by atoms with Crippen molar-refractivity contribution < 1.29 is 8.68 Å². The van der Waals surface area contributed by atoms with Crippen LogP contribution in [0.2, 0.25) is 0 Å². The maximum atomic E-state index is 12.8. The lowest BCUT2D eigenvalue weighted by Crippen LogP contribution is -2.42. The van der Waals surface area contributed by atoms with Crippen molar-refractivity contribution in [2.75, 3.05) is 0 Å². The molecule has 0 aliphatic heterocycles. The number of benzene rings is 1. The van der Waals surface area contributed by atoms with Crippen LogP contribution in [0.15, 0.2) is 23.1 Å². The molecule has 3 aliphatic carbocycles. The molecular weight excluding hydrogens is 283 g/mol. The smallest absolute Gasteiger partial charge is 0.139 e. The van der Waals surface area contributed by atoms with Crippen LogP contribution in [0.5, 0.6) is 0 Å². The van der Waals surface area contributed by atoms with Gasteiger partial charge in [-0.05, 0) is 73.1 Å². The van der Waals surface area contributed by atoms with Crippen molar-refractivity contribution in [3.8, 4) is 0 Å². The number of ketones is 1. The first-order valence-corrected chi connectivity index (χ1v) is 8.80. The largest absolute Gasteiger partial charge is 0.299 e. The quantitative estimate of drug-likeness (QED) is 0.719. The van der Waals surface area contributed by atoms with E-state index in [1.54, 1.807) is 0 Å². The van der Waals surface area contributed by atoms with E-state index in [1.165, 1.54) is 17.5 Å². The van der Waals surface area contributed by atoms with Gasteiger partial charge in [-0.2, -0.15) is 3.89 Å². The second kappa shape index (κ2) is 4.84. The Morgan fingerprint density at radius 2 is 2.10 bits per heavy atom. The normalized spacial score (nSPS) is 37.8. The Balaban J connectivity index is 1.70. The van der Waals surface area contributed by atoms with E-state index in [9.17, 15) is 8.68 Å². The fourth-order valence-corrected chi connectivity index (χ4v) is 5.68. The van der Waals surface area contributed by atoms with Crippen LogP contribution in [-0.2, 0) is 11.2 Å². The fourth-order valence-electron chi connectivity index (χ4n) is 5.38. The predicted molar refractivity (Wildman–Crippen MR) is 83.0 cm³/mol. The highest BCUT2D eigenvalue weighted by atomic mass is 32.2. The summed E-state index contributed by atoms with van der Waals surface area (Å²) < 4.78 is 12.8. The van der Waals surface area contributed by atoms with Gasteiger partial charge in [0.2, 0.25) is 0 Å². The van der Waals surface area contributed by atoms with E-state index >= 15 is 0 Å². The molecule has 3 aliphatic rings. The van der Waals surface area contributed by atoms with Crippen molar-refractivity contribution in [3.63, 3.8) is 0 Å². The number of carbonyl (C=O) groups is 1. The number of rotatable bonds is 1. The molecule has 1 aromatic rings. The summed E-state index contributed by atoms with van der Waals surface area (Å²) in [6.07, 6.45) is 6.26. The molecule has 2 unspecified atom stereocenters. The molecule has 21 heavy (non-hydrogen) atoms. The third-order valence-electron chi connectivity index (χ3n) is 6.50. The lowest BCUT2D eigenvalue weighted by atomic mass is 9.55. The summed E-state index contributed by atoms with van der Waals surface area (Å²) in [4.78, 5) is 13.0. The van der Waals surface area contributed by atoms with E-state index in [0.29, 0.717) is 35.7 Å². The highest BCUT2D eigenvalue weighted by Gasteiger charge is 2.54. The molecule has 0 radical (unpaired) electrons. The Labute approximate surface area is 130 Å². The highest BCUT2D eigenvalue weighted by Crippen LogP contribution is 2.59. The first-order valence-electron chi connectivity index (χ1n) is 8.08. The maximum Gasteiger partial charge on any atom is 0.139 e. The second-order valence-corrected chi connectivity index (χ2v) is 7.90. The van der Waals surface area contributed by atoms with Crippen molar-refractivity contribution in [1.82, 2.24) is 0 Å². The standard InChI is InChI=1S/C18H21FOS/c1-18-9-8-14-13-5-3-12(21-19)10-11(13)2-4-15(14)16(18)6-7-17(18)20/h3,5,10,14-16H,2,4,6-9H2,1H3/t14-,15?,16+,18?/m1/s1. The van der Waals surface area contributed by atoms with E-state index in [4.69, 9.17) is 0 Å². The van der Waals surface area contributed by atoms with Gasteiger partial charge in [-0.25, -0.2) is 0 Å². The summed E-state index contributed by atoms with van der Waals surface area (Å²) >= 11 is 0.341. The van der Waals surface area contributed by atoms with Crippen molar-refractivity contribution in [1.29, 1.82) is 0 Å². The minimum atomic E-state index is -0.0482. The highest BCUT2D eigenvalue weighted by molar-refractivity contribution is 7.94. The van der Waals surface area contributed by atoms with Gasteiger partial charge in [0.05, 0.1) is 12.1 Å². The van der Waals surface area contributed by atoms with Crippen LogP contribution in [0.4, 0.5) is 3.89 Å². The molecule has 3 heteroatoms. The lowest BCUT2D eigenvalue weighted by Gasteiger charge is -2.48. The number of fused-ring (bicyclic) bond motifs is 5. The summed E-state index contributed by atoms with van der Waals surface area (Å²) in [6.45, 7) is 2.21. The molecule has 1 aromatic carbocycles. The Kier molecular flexibility index (Phi) is 3.18. The van der Waals surface area contributed by atoms with Gasteiger partial charge in [0, 0.05) is 16.7 Å². The van der Waals surface area contributed by atoms with E-state index in [-0.39, 0.29) is 5.41 Å². The van der Waals surface area contributed by atoms with Gasteiger partial charge in [0.15, 0.2) is 0 Å². The number of Topliss-reactive ketones (excluding diaryl/α,β-unsaturated/α-hetero) is 1. The molecular formula is C18H21FOS. The molecule has 4 rings (SSSR count). The Morgan fingerprint density at radius 3 is 2.90 bits per heavy atom. The van der Waals surface area contributed by atoms with Crippen molar-refractivity contribution >= 4 is 17.9 Å². The van der Waals surface area contributed by atoms with Gasteiger partial charge in [-0.3, -0.25) is 4.79 Å². The third kappa shape index (κ3) is 1.93. The van der Waals surface area contributed by atoms with Gasteiger partial charge >= 0.3 is 0 Å². The third-order valence-corrected chi connectivity index (χ3v) is 6.93. The van der Waals surface area contributed by atoms with Crippen LogP contribution in [-0.4, -0.2) is 5.78 Å². The molecule has 0 heterocycles. The molecule has 0 N–H and O–H groups in total. The monoisotopic (exact) mass is 304 g/mol. The summed E-state index contributed by atoms with van der Waals surface area (Å²) in [5, 5.41) is 0. The Hall–Kier alpha value is -0.830. The van der Waals surface area contributed by atoms with Crippen molar-refractivity contribution in [3.05, 3.63) is 29.3 Å². The van der Waals surface area contributed by atoms with Crippen LogP contribution >= 0.6 is 12.1 Å². The minimum absolute atomic E-state index is 0.0482. The summed E-state index contributed by atoms with van der Waals surface area (Å²) in [6, 6.07) is 6.09. The second-order valence-electron chi connectivity index (χ2n) is 7.27. The molecule has 0 saturated heterocycles. The SMILES string of the molecule is CC12CC[C@@H]3c4ccc(SF)cc4CCC3[C@@H]1CCC2=O. The van der Waals surface area contributed by atoms with Gasteiger partial charge in [0.25, 0.3) is 0 Å². The summed E-state index contributed by atoms with van der Waals surface area (Å²) in [5.41, 5.74) is 2.73. The molecule has 2 saturated carbocycles. The number of hydrogen-bond donors (Lipinski definition) is 0. The minimum Gasteiger partial charge on any atom is -0.299 e. The van der Waals surface area contributed by atoms with Crippen LogP contribution < -0.4 is 0 Å². The number of hydrogen-bond acceptors (Lipinski definition) is 2. The molecule has 112 valence electrons. The molecule has 0 bridgehead atoms. The van der Waals surface area contributed by atoms with Crippen molar-refractivity contribution in [2.45, 2.75) is 56.3 Å². The first-order chi connectivity index (χ1) is 10.1. The molecule has 1 nitrogen and oxygen atoms in total. The Morgan fingerprint density at radius 1 is 1.24 bits per heavy atom. The first kappa shape index (κ1) is 13.8. The van der Waals surface area contributed by atoms with Gasteiger partial charge in [-0.15, -0.1) is 0 Å². The predicted octanol–water partition coefficient (Wildman–Crippen LogP) is 5.09. The fraction of sp³-hybridized carbons (Fsp3) is 0.611. The molecule has 4 atom stereocenters. The topological polar surface area (TPSA) is 17.1 Å². The van der Waals surface area contributed by atoms with E-state index in [1.807, 2.05) is 12.1 Å².